The lowest BCUT2D eigenvalue weighted by Gasteiger charge is -2.20. The van der Waals surface area contributed by atoms with Gasteiger partial charge in [0, 0.05) is 0 Å². The summed E-state index contributed by atoms with van der Waals surface area (Å²) in [7, 11) is 0. The highest BCUT2D eigenvalue weighted by atomic mass is 35.5. The van der Waals surface area contributed by atoms with Crippen molar-refractivity contribution in [1.82, 2.24) is 0 Å². The summed E-state index contributed by atoms with van der Waals surface area (Å²) < 4.78 is 0. The van der Waals surface area contributed by atoms with Gasteiger partial charge in [0.1, 0.15) is 0 Å². The zero-order valence-corrected chi connectivity index (χ0v) is 7.50. The van der Waals surface area contributed by atoms with E-state index in [1.165, 1.54) is 0 Å². The van der Waals surface area contributed by atoms with Crippen molar-refractivity contribution in [3.63, 3.8) is 0 Å². The van der Waals surface area contributed by atoms with E-state index in [1.54, 1.807) is 0 Å². The van der Waals surface area contributed by atoms with Gasteiger partial charge in [-0.1, -0.05) is 0 Å². The maximum Gasteiger partial charge on any atom is 0.0906 e. The highest BCUT2D eigenvalue weighted by Crippen LogP contribution is 1.93. The van der Waals surface area contributed by atoms with Gasteiger partial charge in [-0.15, -0.1) is 12.4 Å². The summed E-state index contributed by atoms with van der Waals surface area (Å²) in [6.45, 7) is -1.46. The maximum atomic E-state index is 8.34. The molecule has 0 aromatic carbocycles. The van der Waals surface area contributed by atoms with Crippen LogP contribution in [0.25, 0.3) is 0 Å². The van der Waals surface area contributed by atoms with E-state index in [1.807, 2.05) is 0 Å². The summed E-state index contributed by atoms with van der Waals surface area (Å²) in [6.07, 6.45) is 0. The largest absolute Gasteiger partial charge is 0.394 e. The zero-order valence-electron chi connectivity index (χ0n) is 6.68. The Hall–Kier alpha value is 0.0500. The van der Waals surface area contributed by atoms with Crippen molar-refractivity contribution >= 4 is 12.4 Å². The van der Waals surface area contributed by atoms with Gasteiger partial charge in [0.2, 0.25) is 0 Å². The summed E-state index contributed by atoms with van der Waals surface area (Å²) in [4.78, 5) is 0. The minimum absolute atomic E-state index is 0. The Morgan fingerprint density at radius 3 is 1.08 bits per heavy atom. The van der Waals surface area contributed by atoms with Gasteiger partial charge in [-0.3, -0.25) is 0 Å². The fraction of sp³-hybridized carbons (Fsp3) is 1.00. The third-order valence-corrected chi connectivity index (χ3v) is 0.945. The Bertz CT molecular complexity index is 73.6. The van der Waals surface area contributed by atoms with Crippen molar-refractivity contribution in [2.75, 3.05) is 26.6 Å². The predicted molar refractivity (Wildman–Crippen MR) is 46.7 cm³/mol. The Morgan fingerprint density at radius 2 is 1.08 bits per heavy atom. The SMILES string of the molecule is Cl.NC(CO)(CO)CO.NCO. The fourth-order valence-electron chi connectivity index (χ4n) is 0.150. The number of halogens is 1. The van der Waals surface area contributed by atoms with Crippen LogP contribution >= 0.6 is 12.4 Å². The number of nitrogens with two attached hydrogens (primary N) is 2. The van der Waals surface area contributed by atoms with E-state index in [2.05, 4.69) is 5.73 Å². The molecule has 12 heavy (non-hydrogen) atoms. The van der Waals surface area contributed by atoms with Crippen molar-refractivity contribution < 1.29 is 20.4 Å². The molecule has 0 bridgehead atoms. The molecule has 0 aromatic heterocycles. The Balaban J connectivity index is -0.000000177. The van der Waals surface area contributed by atoms with Gasteiger partial charge >= 0.3 is 0 Å². The highest BCUT2D eigenvalue weighted by molar-refractivity contribution is 5.85. The molecule has 0 saturated heterocycles. The monoisotopic (exact) mass is 204 g/mol. The Labute approximate surface area is 77.2 Å². The van der Waals surface area contributed by atoms with Gasteiger partial charge in [0.25, 0.3) is 0 Å². The summed E-state index contributed by atoms with van der Waals surface area (Å²) in [5.74, 6) is 0. The van der Waals surface area contributed by atoms with Crippen LogP contribution in [0.1, 0.15) is 0 Å². The molecule has 0 unspecified atom stereocenters. The highest BCUT2D eigenvalue weighted by Gasteiger charge is 2.20. The smallest absolute Gasteiger partial charge is 0.0906 e. The van der Waals surface area contributed by atoms with E-state index in [9.17, 15) is 0 Å². The molecule has 0 fully saturated rings. The van der Waals surface area contributed by atoms with Crippen LogP contribution in [0.4, 0.5) is 0 Å². The van der Waals surface area contributed by atoms with E-state index in [4.69, 9.17) is 26.2 Å². The minimum atomic E-state index is -1.21. The summed E-state index contributed by atoms with van der Waals surface area (Å²) in [5, 5.41) is 32.4. The van der Waals surface area contributed by atoms with Crippen LogP contribution in [0.2, 0.25) is 0 Å². The fourth-order valence-corrected chi connectivity index (χ4v) is 0.150. The van der Waals surface area contributed by atoms with E-state index in [0.29, 0.717) is 0 Å². The molecule has 0 aliphatic rings. The average Bonchev–Trinajstić information content (AvgIpc) is 2.05. The van der Waals surface area contributed by atoms with Crippen LogP contribution in [0.15, 0.2) is 0 Å². The van der Waals surface area contributed by atoms with Crippen LogP contribution in [-0.4, -0.2) is 52.5 Å². The predicted octanol–water partition coefficient (Wildman–Crippen LogP) is -3.02. The summed E-state index contributed by atoms with van der Waals surface area (Å²) >= 11 is 0. The molecule has 0 saturated carbocycles. The second kappa shape index (κ2) is 11.1. The van der Waals surface area contributed by atoms with Crippen LogP contribution < -0.4 is 11.5 Å². The quantitative estimate of drug-likeness (QED) is 0.271. The molecule has 0 amide bonds. The molecule has 0 aromatic rings. The average molecular weight is 205 g/mol. The molecular weight excluding hydrogens is 188 g/mol. The number of hydrogen-bond donors (Lipinski definition) is 6. The summed E-state index contributed by atoms with van der Waals surface area (Å²) in [5.41, 5.74) is 8.34. The second-order valence-electron chi connectivity index (χ2n) is 2.02. The first-order valence-electron chi connectivity index (χ1n) is 3.02. The molecular formula is C5H17ClN2O4. The Morgan fingerprint density at radius 1 is 0.917 bits per heavy atom. The van der Waals surface area contributed by atoms with Gasteiger partial charge in [-0.05, 0) is 0 Å². The van der Waals surface area contributed by atoms with Crippen molar-refractivity contribution in [1.29, 1.82) is 0 Å². The lowest BCUT2D eigenvalue weighted by atomic mass is 10.1. The van der Waals surface area contributed by atoms with E-state index in [-0.39, 0.29) is 19.1 Å². The molecule has 0 aliphatic carbocycles. The first-order valence-corrected chi connectivity index (χ1v) is 3.02. The molecule has 8 N–H and O–H groups in total. The molecule has 0 rings (SSSR count). The number of aliphatic hydroxyl groups is 4. The topological polar surface area (TPSA) is 133 Å². The van der Waals surface area contributed by atoms with Crippen molar-refractivity contribution in [3.8, 4) is 0 Å². The molecule has 0 atom stereocenters. The molecule has 0 radical (unpaired) electrons. The Kier molecular flexibility index (Phi) is 16.5. The first kappa shape index (κ1) is 18.0. The molecule has 78 valence electrons. The second-order valence-corrected chi connectivity index (χ2v) is 2.02. The third kappa shape index (κ3) is 10.0. The third-order valence-electron chi connectivity index (χ3n) is 0.945. The molecule has 6 nitrogen and oxygen atoms in total. The lowest BCUT2D eigenvalue weighted by molar-refractivity contribution is 0.0698. The first-order chi connectivity index (χ1) is 5.10. The molecule has 0 spiro atoms. The van der Waals surface area contributed by atoms with Gasteiger partial charge in [-0.25, -0.2) is 0 Å². The summed E-state index contributed by atoms with van der Waals surface area (Å²) in [6, 6.07) is 0. The number of rotatable bonds is 3. The molecule has 0 aliphatic heterocycles. The molecule has 7 heteroatoms. The van der Waals surface area contributed by atoms with Gasteiger partial charge in [0.05, 0.1) is 32.1 Å². The number of hydrogen-bond acceptors (Lipinski definition) is 6. The number of aliphatic hydroxyl groups excluding tert-OH is 4. The maximum absolute atomic E-state index is 8.34. The van der Waals surface area contributed by atoms with E-state index < -0.39 is 25.4 Å². The van der Waals surface area contributed by atoms with Crippen LogP contribution in [0.3, 0.4) is 0 Å². The van der Waals surface area contributed by atoms with Gasteiger partial charge < -0.3 is 31.9 Å². The van der Waals surface area contributed by atoms with Crippen molar-refractivity contribution in [2.24, 2.45) is 11.5 Å². The standard InChI is InChI=1S/C4H11NO3.CH5NO.ClH/c5-4(1-6,2-7)3-8;2-1-3;/h6-8H,1-3,5H2;3H,1-2H2;1H. The lowest BCUT2D eigenvalue weighted by Crippen LogP contribution is -2.50. The minimum Gasteiger partial charge on any atom is -0.394 e. The van der Waals surface area contributed by atoms with E-state index >= 15 is 0 Å². The van der Waals surface area contributed by atoms with Crippen LogP contribution in [0, 0.1) is 0 Å². The van der Waals surface area contributed by atoms with E-state index in [0.717, 1.165) is 0 Å². The van der Waals surface area contributed by atoms with Crippen molar-refractivity contribution in [2.45, 2.75) is 5.54 Å². The van der Waals surface area contributed by atoms with Gasteiger partial charge in [0.15, 0.2) is 0 Å². The van der Waals surface area contributed by atoms with Crippen LogP contribution in [0.5, 0.6) is 0 Å². The zero-order chi connectivity index (χ0) is 9.33. The normalized spacial score (nSPS) is 9.50. The van der Waals surface area contributed by atoms with Gasteiger partial charge in [-0.2, -0.15) is 0 Å². The van der Waals surface area contributed by atoms with Crippen molar-refractivity contribution in [3.05, 3.63) is 0 Å². The van der Waals surface area contributed by atoms with Crippen LogP contribution in [-0.2, 0) is 0 Å². The molecule has 0 heterocycles.